The second-order valence-corrected chi connectivity index (χ2v) is 5.81. The number of rotatable bonds is 3. The number of H-pyrrole nitrogens is 1. The van der Waals surface area contributed by atoms with Gasteiger partial charge in [-0.25, -0.2) is 8.42 Å². The molecule has 1 heterocycles. The first kappa shape index (κ1) is 11.2. The van der Waals surface area contributed by atoms with Crippen LogP contribution in [0.15, 0.2) is 29.2 Å². The molecular formula is C11H14N2O2S. The summed E-state index contributed by atoms with van der Waals surface area (Å²) in [7, 11) is -3.18. The SMILES string of the molecule is CS(=O)(=O)c1cccc2[nH]c(CCN)cc12. The lowest BCUT2D eigenvalue weighted by Crippen LogP contribution is -2.02. The first-order valence-corrected chi connectivity index (χ1v) is 6.92. The molecular weight excluding hydrogens is 224 g/mol. The second-order valence-electron chi connectivity index (χ2n) is 3.82. The first-order valence-electron chi connectivity index (χ1n) is 5.03. The highest BCUT2D eigenvalue weighted by molar-refractivity contribution is 7.91. The van der Waals surface area contributed by atoms with Crippen molar-refractivity contribution in [2.45, 2.75) is 11.3 Å². The molecule has 0 spiro atoms. The zero-order valence-corrected chi connectivity index (χ0v) is 9.84. The molecule has 16 heavy (non-hydrogen) atoms. The largest absolute Gasteiger partial charge is 0.358 e. The van der Waals surface area contributed by atoms with Gasteiger partial charge in [0.1, 0.15) is 0 Å². The van der Waals surface area contributed by atoms with Crippen molar-refractivity contribution in [1.82, 2.24) is 4.98 Å². The van der Waals surface area contributed by atoms with Crippen LogP contribution in [0.2, 0.25) is 0 Å². The van der Waals surface area contributed by atoms with Gasteiger partial charge in [0.05, 0.1) is 4.90 Å². The molecule has 2 aromatic rings. The van der Waals surface area contributed by atoms with Gasteiger partial charge in [-0.05, 0) is 31.2 Å². The fraction of sp³-hybridized carbons (Fsp3) is 0.273. The molecule has 0 bridgehead atoms. The van der Waals surface area contributed by atoms with Crippen LogP contribution in [0.1, 0.15) is 5.69 Å². The molecule has 0 aliphatic rings. The van der Waals surface area contributed by atoms with E-state index in [0.717, 1.165) is 23.0 Å². The highest BCUT2D eigenvalue weighted by Crippen LogP contribution is 2.23. The zero-order chi connectivity index (χ0) is 11.8. The minimum atomic E-state index is -3.18. The Balaban J connectivity index is 2.68. The van der Waals surface area contributed by atoms with Crippen LogP contribution in [-0.2, 0) is 16.3 Å². The van der Waals surface area contributed by atoms with Crippen LogP contribution >= 0.6 is 0 Å². The van der Waals surface area contributed by atoms with Gasteiger partial charge in [-0.2, -0.15) is 0 Å². The normalized spacial score (nSPS) is 12.1. The average molecular weight is 238 g/mol. The van der Waals surface area contributed by atoms with Crippen molar-refractivity contribution in [3.05, 3.63) is 30.0 Å². The fourth-order valence-electron chi connectivity index (χ4n) is 1.80. The van der Waals surface area contributed by atoms with E-state index in [0.29, 0.717) is 11.4 Å². The van der Waals surface area contributed by atoms with E-state index in [9.17, 15) is 8.42 Å². The van der Waals surface area contributed by atoms with E-state index in [-0.39, 0.29) is 0 Å². The summed E-state index contributed by atoms with van der Waals surface area (Å²) < 4.78 is 23.2. The molecule has 1 aromatic heterocycles. The Hall–Kier alpha value is -1.33. The molecule has 0 aliphatic heterocycles. The highest BCUT2D eigenvalue weighted by Gasteiger charge is 2.13. The third-order valence-electron chi connectivity index (χ3n) is 2.49. The van der Waals surface area contributed by atoms with Crippen molar-refractivity contribution >= 4 is 20.7 Å². The van der Waals surface area contributed by atoms with Crippen LogP contribution in [0, 0.1) is 0 Å². The molecule has 0 atom stereocenters. The lowest BCUT2D eigenvalue weighted by molar-refractivity contribution is 0.602. The standard InChI is InChI=1S/C11H14N2O2S/c1-16(14,15)11-4-2-3-10-9(11)7-8(13-10)5-6-12/h2-4,7,13H,5-6,12H2,1H3. The van der Waals surface area contributed by atoms with Gasteiger partial charge < -0.3 is 10.7 Å². The van der Waals surface area contributed by atoms with E-state index >= 15 is 0 Å². The fourth-order valence-corrected chi connectivity index (χ4v) is 2.69. The van der Waals surface area contributed by atoms with Gasteiger partial charge in [-0.15, -0.1) is 0 Å². The number of hydrogen-bond acceptors (Lipinski definition) is 3. The topological polar surface area (TPSA) is 76.0 Å². The van der Waals surface area contributed by atoms with Crippen LogP contribution in [0.4, 0.5) is 0 Å². The van der Waals surface area contributed by atoms with Gasteiger partial charge in [0, 0.05) is 22.9 Å². The minimum Gasteiger partial charge on any atom is -0.358 e. The molecule has 0 fully saturated rings. The monoisotopic (exact) mass is 238 g/mol. The molecule has 1 aromatic carbocycles. The Morgan fingerprint density at radius 3 is 2.75 bits per heavy atom. The molecule has 3 N–H and O–H groups in total. The average Bonchev–Trinajstić information content (AvgIpc) is 2.58. The summed E-state index contributed by atoms with van der Waals surface area (Å²) >= 11 is 0. The Labute approximate surface area is 94.4 Å². The van der Waals surface area contributed by atoms with Crippen LogP contribution in [0.25, 0.3) is 10.9 Å². The predicted octanol–water partition coefficient (Wildman–Crippen LogP) is 1.07. The van der Waals surface area contributed by atoms with E-state index in [1.807, 2.05) is 12.1 Å². The number of sulfone groups is 1. The third-order valence-corrected chi connectivity index (χ3v) is 3.65. The van der Waals surface area contributed by atoms with Crippen molar-refractivity contribution < 1.29 is 8.42 Å². The van der Waals surface area contributed by atoms with Crippen molar-refractivity contribution in [1.29, 1.82) is 0 Å². The van der Waals surface area contributed by atoms with E-state index in [1.165, 1.54) is 6.26 Å². The molecule has 0 unspecified atom stereocenters. The summed E-state index contributed by atoms with van der Waals surface area (Å²) in [6.45, 7) is 0.543. The van der Waals surface area contributed by atoms with Crippen molar-refractivity contribution in [2.75, 3.05) is 12.8 Å². The summed E-state index contributed by atoms with van der Waals surface area (Å²) in [6.07, 6.45) is 1.94. The molecule has 0 radical (unpaired) electrons. The van der Waals surface area contributed by atoms with E-state index in [1.54, 1.807) is 12.1 Å². The lowest BCUT2D eigenvalue weighted by Gasteiger charge is -1.98. The quantitative estimate of drug-likeness (QED) is 0.840. The van der Waals surface area contributed by atoms with Gasteiger partial charge in [0.2, 0.25) is 0 Å². The van der Waals surface area contributed by atoms with Crippen LogP contribution in [0.5, 0.6) is 0 Å². The molecule has 0 saturated heterocycles. The van der Waals surface area contributed by atoms with Gasteiger partial charge >= 0.3 is 0 Å². The number of nitrogens with two attached hydrogens (primary N) is 1. The molecule has 2 rings (SSSR count). The van der Waals surface area contributed by atoms with Crippen molar-refractivity contribution in [2.24, 2.45) is 5.73 Å². The Bertz CT molecular complexity index is 614. The summed E-state index contributed by atoms with van der Waals surface area (Å²) in [4.78, 5) is 3.53. The number of nitrogens with one attached hydrogen (secondary N) is 1. The maximum atomic E-state index is 11.6. The Kier molecular flexibility index (Phi) is 2.73. The first-order chi connectivity index (χ1) is 7.52. The van der Waals surface area contributed by atoms with Crippen molar-refractivity contribution in [3.63, 3.8) is 0 Å². The van der Waals surface area contributed by atoms with Gasteiger partial charge in [0.25, 0.3) is 0 Å². The number of aromatic amines is 1. The smallest absolute Gasteiger partial charge is 0.176 e. The van der Waals surface area contributed by atoms with Crippen LogP contribution in [-0.4, -0.2) is 26.2 Å². The molecule has 0 aliphatic carbocycles. The maximum absolute atomic E-state index is 11.6. The van der Waals surface area contributed by atoms with E-state index < -0.39 is 9.84 Å². The Morgan fingerprint density at radius 2 is 2.12 bits per heavy atom. The van der Waals surface area contributed by atoms with E-state index in [4.69, 9.17) is 5.73 Å². The summed E-state index contributed by atoms with van der Waals surface area (Å²) in [5.41, 5.74) is 7.27. The maximum Gasteiger partial charge on any atom is 0.176 e. The summed E-state index contributed by atoms with van der Waals surface area (Å²) in [5.74, 6) is 0. The van der Waals surface area contributed by atoms with Gasteiger partial charge in [-0.3, -0.25) is 0 Å². The molecule has 86 valence electrons. The second kappa shape index (κ2) is 3.92. The van der Waals surface area contributed by atoms with Crippen LogP contribution in [0.3, 0.4) is 0 Å². The molecule has 5 heteroatoms. The molecule has 4 nitrogen and oxygen atoms in total. The van der Waals surface area contributed by atoms with Crippen LogP contribution < -0.4 is 5.73 Å². The minimum absolute atomic E-state index is 0.365. The lowest BCUT2D eigenvalue weighted by atomic mass is 10.2. The van der Waals surface area contributed by atoms with Crippen molar-refractivity contribution in [3.8, 4) is 0 Å². The number of aromatic nitrogens is 1. The highest BCUT2D eigenvalue weighted by atomic mass is 32.2. The third kappa shape index (κ3) is 1.96. The van der Waals surface area contributed by atoms with E-state index in [2.05, 4.69) is 4.98 Å². The Morgan fingerprint density at radius 1 is 1.38 bits per heavy atom. The number of fused-ring (bicyclic) bond motifs is 1. The zero-order valence-electron chi connectivity index (χ0n) is 9.03. The van der Waals surface area contributed by atoms with Gasteiger partial charge in [0.15, 0.2) is 9.84 Å². The van der Waals surface area contributed by atoms with Gasteiger partial charge in [-0.1, -0.05) is 6.07 Å². The molecule has 0 saturated carbocycles. The predicted molar refractivity (Wildman–Crippen MR) is 64.2 cm³/mol. The molecule has 0 amide bonds. The number of benzene rings is 1. The summed E-state index contributed by atoms with van der Waals surface area (Å²) in [5, 5.41) is 0.744. The number of hydrogen-bond donors (Lipinski definition) is 2. The summed E-state index contributed by atoms with van der Waals surface area (Å²) in [6, 6.07) is 7.09.